The summed E-state index contributed by atoms with van der Waals surface area (Å²) in [6.45, 7) is 0.884. The van der Waals surface area contributed by atoms with Crippen molar-refractivity contribution in [3.05, 3.63) is 71.4 Å². The van der Waals surface area contributed by atoms with Gasteiger partial charge in [-0.1, -0.05) is 12.1 Å². The molecule has 140 valence electrons. The highest BCUT2D eigenvalue weighted by molar-refractivity contribution is 5.85. The summed E-state index contributed by atoms with van der Waals surface area (Å²) in [6.07, 6.45) is 1.27. The molecule has 0 saturated carbocycles. The maximum Gasteiger partial charge on any atom is 0.126 e. The molecular weight excluding hydrogens is 360 g/mol. The zero-order valence-electron chi connectivity index (χ0n) is 14.1. The summed E-state index contributed by atoms with van der Waals surface area (Å²) < 4.78 is 26.4. The molecule has 3 aromatic rings. The molecule has 5 N–H and O–H groups in total. The first-order valence-electron chi connectivity index (χ1n) is 8.16. The monoisotopic (exact) mass is 381 g/mol. The minimum absolute atomic E-state index is 0. The van der Waals surface area contributed by atoms with Crippen molar-refractivity contribution in [3.8, 4) is 0 Å². The van der Waals surface area contributed by atoms with E-state index in [-0.39, 0.29) is 18.8 Å². The lowest BCUT2D eigenvalue weighted by molar-refractivity contribution is 0.141. The van der Waals surface area contributed by atoms with Crippen LogP contribution in [0.4, 0.5) is 8.78 Å². The molecule has 0 saturated heterocycles. The highest BCUT2D eigenvalue weighted by Gasteiger charge is 2.16. The zero-order valence-corrected chi connectivity index (χ0v) is 14.9. The second-order valence-corrected chi connectivity index (χ2v) is 6.24. The highest BCUT2D eigenvalue weighted by atomic mass is 35.5. The molecule has 0 aliphatic carbocycles. The predicted octanol–water partition coefficient (Wildman–Crippen LogP) is 2.89. The molecular formula is C19H22ClF2N3O. The van der Waals surface area contributed by atoms with Gasteiger partial charge < -0.3 is 21.1 Å². The largest absolute Gasteiger partial charge is 0.390 e. The molecule has 7 heteroatoms. The van der Waals surface area contributed by atoms with Gasteiger partial charge in [-0.2, -0.15) is 0 Å². The Kier molecular flexibility index (Phi) is 7.11. The molecule has 0 aliphatic rings. The third kappa shape index (κ3) is 5.25. The Hall–Kier alpha value is -1.99. The van der Waals surface area contributed by atoms with Gasteiger partial charge >= 0.3 is 0 Å². The Labute approximate surface area is 156 Å². The van der Waals surface area contributed by atoms with Gasteiger partial charge in [0.05, 0.1) is 6.10 Å². The van der Waals surface area contributed by atoms with E-state index in [4.69, 9.17) is 5.73 Å². The number of hydrogen-bond donors (Lipinski definition) is 4. The van der Waals surface area contributed by atoms with Crippen LogP contribution in [-0.2, 0) is 13.0 Å². The number of aliphatic hydroxyl groups is 1. The van der Waals surface area contributed by atoms with Crippen molar-refractivity contribution in [2.24, 2.45) is 5.73 Å². The van der Waals surface area contributed by atoms with E-state index in [1.807, 2.05) is 30.5 Å². The third-order valence-electron chi connectivity index (χ3n) is 4.19. The molecule has 2 atom stereocenters. The number of halogens is 3. The summed E-state index contributed by atoms with van der Waals surface area (Å²) in [4.78, 5) is 3.16. The number of aliphatic hydroxyl groups excluding tert-OH is 1. The van der Waals surface area contributed by atoms with Crippen LogP contribution in [-0.4, -0.2) is 28.8 Å². The average Bonchev–Trinajstić information content (AvgIpc) is 3.01. The summed E-state index contributed by atoms with van der Waals surface area (Å²) in [7, 11) is 0. The summed E-state index contributed by atoms with van der Waals surface area (Å²) in [6, 6.07) is 10.8. The van der Waals surface area contributed by atoms with Crippen LogP contribution in [0, 0.1) is 11.6 Å². The lowest BCUT2D eigenvalue weighted by Gasteiger charge is -2.19. The summed E-state index contributed by atoms with van der Waals surface area (Å²) in [5, 5.41) is 14.5. The summed E-state index contributed by atoms with van der Waals surface area (Å²) >= 11 is 0. The van der Waals surface area contributed by atoms with Gasteiger partial charge in [0.1, 0.15) is 11.6 Å². The molecule has 4 nitrogen and oxygen atoms in total. The Bertz CT molecular complexity index is 835. The number of fused-ring (bicyclic) bond motifs is 1. The van der Waals surface area contributed by atoms with Crippen molar-refractivity contribution >= 4 is 23.3 Å². The van der Waals surface area contributed by atoms with Crippen molar-refractivity contribution in [2.45, 2.75) is 25.1 Å². The normalized spacial score (nSPS) is 13.4. The van der Waals surface area contributed by atoms with Crippen LogP contribution in [0.1, 0.15) is 11.1 Å². The maximum absolute atomic E-state index is 13.2. The molecule has 1 heterocycles. The van der Waals surface area contributed by atoms with E-state index in [9.17, 15) is 13.9 Å². The fourth-order valence-corrected chi connectivity index (χ4v) is 2.86. The molecule has 3 rings (SSSR count). The summed E-state index contributed by atoms with van der Waals surface area (Å²) in [5.74, 6) is -1.29. The van der Waals surface area contributed by atoms with E-state index < -0.39 is 23.8 Å². The maximum atomic E-state index is 13.2. The van der Waals surface area contributed by atoms with Gasteiger partial charge in [0.25, 0.3) is 0 Å². The highest BCUT2D eigenvalue weighted by Crippen LogP contribution is 2.14. The van der Waals surface area contributed by atoms with Gasteiger partial charge in [-0.25, -0.2) is 8.78 Å². The van der Waals surface area contributed by atoms with E-state index in [1.165, 1.54) is 12.1 Å². The fourth-order valence-electron chi connectivity index (χ4n) is 2.86. The molecule has 0 aliphatic heterocycles. The number of rotatable bonds is 7. The number of aromatic nitrogens is 1. The average molecular weight is 382 g/mol. The van der Waals surface area contributed by atoms with Crippen LogP contribution in [0.5, 0.6) is 0 Å². The molecule has 0 unspecified atom stereocenters. The van der Waals surface area contributed by atoms with E-state index in [0.29, 0.717) is 18.7 Å². The van der Waals surface area contributed by atoms with E-state index in [1.54, 1.807) is 0 Å². The van der Waals surface area contributed by atoms with Gasteiger partial charge in [0.2, 0.25) is 0 Å². The van der Waals surface area contributed by atoms with Crippen molar-refractivity contribution in [1.29, 1.82) is 0 Å². The second-order valence-electron chi connectivity index (χ2n) is 6.24. The van der Waals surface area contributed by atoms with Crippen LogP contribution in [0.2, 0.25) is 0 Å². The number of benzene rings is 2. The number of nitrogens with two attached hydrogens (primary N) is 1. The first kappa shape index (κ1) is 20.3. The molecule has 0 radical (unpaired) electrons. The standard InChI is InChI=1S/C19H21F2N3O.ClH/c20-15-5-13(6-16(21)9-15)7-17(22)19(25)11-23-10-12-1-2-14-3-4-24-18(14)8-12;/h1-6,8-9,17,19,23-25H,7,10-11,22H2;1H/t17-,19+;/m0./s1. The van der Waals surface area contributed by atoms with Crippen molar-refractivity contribution < 1.29 is 13.9 Å². The first-order valence-corrected chi connectivity index (χ1v) is 8.16. The van der Waals surface area contributed by atoms with Gasteiger partial charge in [0.15, 0.2) is 0 Å². The van der Waals surface area contributed by atoms with Crippen molar-refractivity contribution in [1.82, 2.24) is 10.3 Å². The Morgan fingerprint density at radius 2 is 1.77 bits per heavy atom. The van der Waals surface area contributed by atoms with Crippen LogP contribution < -0.4 is 11.1 Å². The van der Waals surface area contributed by atoms with Crippen LogP contribution in [0.15, 0.2) is 48.7 Å². The lowest BCUT2D eigenvalue weighted by atomic mass is 10.0. The molecule has 0 fully saturated rings. The molecule has 0 amide bonds. The molecule has 0 spiro atoms. The SMILES string of the molecule is Cl.N[C@@H](Cc1cc(F)cc(F)c1)[C@H](O)CNCc1ccc2cc[nH]c2c1. The molecule has 1 aromatic heterocycles. The molecule has 0 bridgehead atoms. The number of H-pyrrole nitrogens is 1. The van der Waals surface area contributed by atoms with Crippen molar-refractivity contribution in [3.63, 3.8) is 0 Å². The van der Waals surface area contributed by atoms with Crippen molar-refractivity contribution in [2.75, 3.05) is 6.54 Å². The quantitative estimate of drug-likeness (QED) is 0.508. The second kappa shape index (κ2) is 9.09. The molecule has 2 aromatic carbocycles. The minimum atomic E-state index is -0.819. The number of hydrogen-bond acceptors (Lipinski definition) is 3. The van der Waals surface area contributed by atoms with Gasteiger partial charge in [0, 0.05) is 36.9 Å². The number of aromatic amines is 1. The van der Waals surface area contributed by atoms with Gasteiger partial charge in [-0.05, 0) is 47.2 Å². The van der Waals surface area contributed by atoms with Gasteiger partial charge in [-0.3, -0.25) is 0 Å². The van der Waals surface area contributed by atoms with Crippen LogP contribution in [0.3, 0.4) is 0 Å². The smallest absolute Gasteiger partial charge is 0.126 e. The van der Waals surface area contributed by atoms with Crippen LogP contribution in [0.25, 0.3) is 10.9 Å². The zero-order chi connectivity index (χ0) is 17.8. The Morgan fingerprint density at radius 3 is 2.50 bits per heavy atom. The van der Waals surface area contributed by atoms with E-state index in [2.05, 4.69) is 10.3 Å². The Balaban J connectivity index is 0.00000243. The van der Waals surface area contributed by atoms with E-state index in [0.717, 1.165) is 22.5 Å². The third-order valence-corrected chi connectivity index (χ3v) is 4.19. The summed E-state index contributed by atoms with van der Waals surface area (Å²) in [5.41, 5.74) is 8.53. The molecule has 26 heavy (non-hydrogen) atoms. The predicted molar refractivity (Wildman–Crippen MR) is 101 cm³/mol. The first-order chi connectivity index (χ1) is 12.0. The van der Waals surface area contributed by atoms with Gasteiger partial charge in [-0.15, -0.1) is 12.4 Å². The lowest BCUT2D eigenvalue weighted by Crippen LogP contribution is -2.43. The minimum Gasteiger partial charge on any atom is -0.390 e. The van der Waals surface area contributed by atoms with E-state index >= 15 is 0 Å². The number of nitrogens with one attached hydrogen (secondary N) is 2. The van der Waals surface area contributed by atoms with Crippen LogP contribution >= 0.6 is 12.4 Å². The topological polar surface area (TPSA) is 74.1 Å². The Morgan fingerprint density at radius 1 is 1.04 bits per heavy atom. The fraction of sp³-hybridized carbons (Fsp3) is 0.263.